The molecular weight excluding hydrogens is 286 g/mol. The Hall–Kier alpha value is -2.17. The first-order valence-corrected chi connectivity index (χ1v) is 8.13. The van der Waals surface area contributed by atoms with Gasteiger partial charge in [0.25, 0.3) is 0 Å². The third kappa shape index (κ3) is 2.54. The summed E-state index contributed by atoms with van der Waals surface area (Å²) in [5.41, 5.74) is 6.16. The Bertz CT molecular complexity index is 839. The van der Waals surface area contributed by atoms with Crippen LogP contribution in [0.25, 0.3) is 10.9 Å². The summed E-state index contributed by atoms with van der Waals surface area (Å²) in [5.74, 6) is 0. The van der Waals surface area contributed by atoms with Crippen LogP contribution < -0.4 is 5.32 Å². The number of aromatic nitrogens is 2. The zero-order valence-corrected chi connectivity index (χ0v) is 13.3. The molecule has 0 spiro atoms. The normalized spacial score (nSPS) is 15.6. The Balaban J connectivity index is 1.80. The van der Waals surface area contributed by atoms with Crippen molar-refractivity contribution in [3.8, 4) is 0 Å². The third-order valence-corrected chi connectivity index (χ3v) is 4.73. The molecule has 0 saturated carbocycles. The second kappa shape index (κ2) is 5.80. The number of benzene rings is 1. The minimum Gasteiger partial charge on any atom is -0.387 e. The molecule has 118 valence electrons. The molecule has 23 heavy (non-hydrogen) atoms. The number of aryl methyl sites for hydroxylation is 1. The van der Waals surface area contributed by atoms with Gasteiger partial charge in [-0.05, 0) is 55.3 Å². The van der Waals surface area contributed by atoms with Crippen LogP contribution in [-0.4, -0.2) is 21.2 Å². The molecule has 4 rings (SSSR count). The summed E-state index contributed by atoms with van der Waals surface area (Å²) in [6.45, 7) is 4.59. The van der Waals surface area contributed by atoms with Crippen LogP contribution in [-0.2, 0) is 19.5 Å². The summed E-state index contributed by atoms with van der Waals surface area (Å²) in [6.07, 6.45) is 3.98. The predicted molar refractivity (Wildman–Crippen MR) is 91.3 cm³/mol. The molecule has 2 N–H and O–H groups in total. The second-order valence-electron chi connectivity index (χ2n) is 6.28. The molecule has 1 aliphatic heterocycles. The molecule has 0 fully saturated rings. The largest absolute Gasteiger partial charge is 0.387 e. The van der Waals surface area contributed by atoms with E-state index in [1.165, 1.54) is 27.7 Å². The molecule has 2 aromatic heterocycles. The fraction of sp³-hybridized carbons (Fsp3) is 0.316. The first-order chi connectivity index (χ1) is 11.2. The summed E-state index contributed by atoms with van der Waals surface area (Å²) in [7, 11) is 0. The van der Waals surface area contributed by atoms with Gasteiger partial charge in [0.15, 0.2) is 0 Å². The SMILES string of the molecule is Cc1ccc2c(c1)c1c(n2CC(O)c2ccncc2)CNCC1. The number of hydrogen-bond donors (Lipinski definition) is 2. The highest BCUT2D eigenvalue weighted by Crippen LogP contribution is 2.31. The minimum absolute atomic E-state index is 0.527. The van der Waals surface area contributed by atoms with Crippen LogP contribution in [0.4, 0.5) is 0 Å². The lowest BCUT2D eigenvalue weighted by molar-refractivity contribution is 0.156. The molecule has 3 aromatic rings. The van der Waals surface area contributed by atoms with Crippen molar-refractivity contribution in [2.45, 2.75) is 32.5 Å². The van der Waals surface area contributed by atoms with E-state index < -0.39 is 6.10 Å². The van der Waals surface area contributed by atoms with E-state index in [-0.39, 0.29) is 0 Å². The second-order valence-corrected chi connectivity index (χ2v) is 6.28. The molecule has 0 aliphatic carbocycles. The first-order valence-electron chi connectivity index (χ1n) is 8.13. The van der Waals surface area contributed by atoms with E-state index in [9.17, 15) is 5.11 Å². The molecule has 1 atom stereocenters. The van der Waals surface area contributed by atoms with Gasteiger partial charge in [-0.15, -0.1) is 0 Å². The zero-order chi connectivity index (χ0) is 15.8. The van der Waals surface area contributed by atoms with Crippen LogP contribution in [0.3, 0.4) is 0 Å². The van der Waals surface area contributed by atoms with Gasteiger partial charge in [0.1, 0.15) is 0 Å². The average molecular weight is 307 g/mol. The van der Waals surface area contributed by atoms with Gasteiger partial charge in [0.05, 0.1) is 12.6 Å². The molecule has 0 amide bonds. The van der Waals surface area contributed by atoms with Crippen LogP contribution >= 0.6 is 0 Å². The van der Waals surface area contributed by atoms with Crippen molar-refractivity contribution in [3.63, 3.8) is 0 Å². The quantitative estimate of drug-likeness (QED) is 0.782. The lowest BCUT2D eigenvalue weighted by Crippen LogP contribution is -2.25. The first kappa shape index (κ1) is 14.4. The highest BCUT2D eigenvalue weighted by atomic mass is 16.3. The topological polar surface area (TPSA) is 50.1 Å². The summed E-state index contributed by atoms with van der Waals surface area (Å²) >= 11 is 0. The van der Waals surface area contributed by atoms with Crippen LogP contribution in [0, 0.1) is 6.92 Å². The number of nitrogens with one attached hydrogen (secondary N) is 1. The number of aliphatic hydroxyl groups is 1. The number of rotatable bonds is 3. The van der Waals surface area contributed by atoms with Gasteiger partial charge in [0, 0.05) is 35.5 Å². The maximum Gasteiger partial charge on any atom is 0.0970 e. The third-order valence-electron chi connectivity index (χ3n) is 4.73. The maximum absolute atomic E-state index is 10.6. The highest BCUT2D eigenvalue weighted by Gasteiger charge is 2.21. The van der Waals surface area contributed by atoms with Crippen molar-refractivity contribution in [1.29, 1.82) is 0 Å². The summed E-state index contributed by atoms with van der Waals surface area (Å²) < 4.78 is 2.28. The van der Waals surface area contributed by atoms with Crippen molar-refractivity contribution in [1.82, 2.24) is 14.9 Å². The standard InChI is InChI=1S/C19H21N3O/c1-13-2-3-17-16(10-13)15-6-9-21-11-18(15)22(17)12-19(23)14-4-7-20-8-5-14/h2-5,7-8,10,19,21,23H,6,9,11-12H2,1H3. The molecule has 1 aliphatic rings. The Kier molecular flexibility index (Phi) is 3.63. The van der Waals surface area contributed by atoms with E-state index in [0.717, 1.165) is 25.1 Å². The summed E-state index contributed by atoms with van der Waals surface area (Å²) in [5, 5.41) is 15.4. The van der Waals surface area contributed by atoms with E-state index in [4.69, 9.17) is 0 Å². The lowest BCUT2D eigenvalue weighted by Gasteiger charge is -2.19. The van der Waals surface area contributed by atoms with Crippen LogP contribution in [0.1, 0.15) is 28.5 Å². The van der Waals surface area contributed by atoms with Crippen LogP contribution in [0.2, 0.25) is 0 Å². The molecule has 0 bridgehead atoms. The zero-order valence-electron chi connectivity index (χ0n) is 13.3. The molecule has 1 aromatic carbocycles. The van der Waals surface area contributed by atoms with Crippen molar-refractivity contribution in [2.75, 3.05) is 6.54 Å². The summed E-state index contributed by atoms with van der Waals surface area (Å²) in [4.78, 5) is 4.03. The van der Waals surface area contributed by atoms with Crippen molar-refractivity contribution < 1.29 is 5.11 Å². The van der Waals surface area contributed by atoms with Gasteiger partial charge in [-0.25, -0.2) is 0 Å². The number of aliphatic hydroxyl groups excluding tert-OH is 1. The smallest absolute Gasteiger partial charge is 0.0970 e. The van der Waals surface area contributed by atoms with E-state index in [2.05, 4.69) is 40.0 Å². The van der Waals surface area contributed by atoms with E-state index >= 15 is 0 Å². The molecule has 3 heterocycles. The van der Waals surface area contributed by atoms with Crippen molar-refractivity contribution in [2.24, 2.45) is 0 Å². The van der Waals surface area contributed by atoms with Crippen LogP contribution in [0.5, 0.6) is 0 Å². The maximum atomic E-state index is 10.6. The van der Waals surface area contributed by atoms with Gasteiger partial charge < -0.3 is 15.0 Å². The molecule has 4 heteroatoms. The Morgan fingerprint density at radius 3 is 2.91 bits per heavy atom. The predicted octanol–water partition coefficient (Wildman–Crippen LogP) is 2.72. The van der Waals surface area contributed by atoms with Gasteiger partial charge in [0.2, 0.25) is 0 Å². The van der Waals surface area contributed by atoms with E-state index in [1.54, 1.807) is 12.4 Å². The Morgan fingerprint density at radius 2 is 2.09 bits per heavy atom. The molecule has 1 unspecified atom stereocenters. The lowest BCUT2D eigenvalue weighted by atomic mass is 10.0. The van der Waals surface area contributed by atoms with Crippen molar-refractivity contribution >= 4 is 10.9 Å². The Labute approximate surface area is 135 Å². The van der Waals surface area contributed by atoms with E-state index in [0.29, 0.717) is 6.54 Å². The number of nitrogens with zero attached hydrogens (tertiary/aromatic N) is 2. The minimum atomic E-state index is -0.527. The fourth-order valence-corrected chi connectivity index (χ4v) is 3.56. The van der Waals surface area contributed by atoms with Gasteiger partial charge >= 0.3 is 0 Å². The monoisotopic (exact) mass is 307 g/mol. The highest BCUT2D eigenvalue weighted by molar-refractivity contribution is 5.86. The van der Waals surface area contributed by atoms with Gasteiger partial charge in [-0.2, -0.15) is 0 Å². The van der Waals surface area contributed by atoms with Crippen LogP contribution in [0.15, 0.2) is 42.7 Å². The van der Waals surface area contributed by atoms with Gasteiger partial charge in [-0.1, -0.05) is 11.6 Å². The summed E-state index contributed by atoms with van der Waals surface area (Å²) in [6, 6.07) is 10.4. The fourth-order valence-electron chi connectivity index (χ4n) is 3.56. The number of fused-ring (bicyclic) bond motifs is 3. The van der Waals surface area contributed by atoms with Crippen molar-refractivity contribution in [3.05, 3.63) is 65.1 Å². The van der Waals surface area contributed by atoms with Gasteiger partial charge in [-0.3, -0.25) is 4.98 Å². The number of hydrogen-bond acceptors (Lipinski definition) is 3. The number of pyridine rings is 1. The van der Waals surface area contributed by atoms with E-state index in [1.807, 2.05) is 12.1 Å². The molecule has 4 nitrogen and oxygen atoms in total. The average Bonchev–Trinajstić information content (AvgIpc) is 2.89. The molecule has 0 saturated heterocycles. The Morgan fingerprint density at radius 1 is 1.26 bits per heavy atom. The molecular formula is C19H21N3O. The molecule has 0 radical (unpaired) electrons.